The number of rotatable bonds is 2. The molecule has 0 bridgehead atoms. The van der Waals surface area contributed by atoms with Crippen molar-refractivity contribution in [2.24, 2.45) is 0 Å². The Morgan fingerprint density at radius 3 is 2.23 bits per heavy atom. The van der Waals surface area contributed by atoms with Crippen molar-refractivity contribution in [1.82, 2.24) is 9.80 Å². The summed E-state index contributed by atoms with van der Waals surface area (Å²) in [6.45, 7) is 2.21. The van der Waals surface area contributed by atoms with Crippen molar-refractivity contribution in [2.45, 2.75) is 0 Å². The van der Waals surface area contributed by atoms with E-state index >= 15 is 0 Å². The fourth-order valence-corrected chi connectivity index (χ4v) is 3.58. The molecule has 0 aromatic heterocycles. The summed E-state index contributed by atoms with van der Waals surface area (Å²) in [5, 5.41) is 0. The molecule has 2 heterocycles. The molecule has 2 aromatic carbocycles. The van der Waals surface area contributed by atoms with Crippen molar-refractivity contribution in [2.75, 3.05) is 33.0 Å². The van der Waals surface area contributed by atoms with Gasteiger partial charge in [0, 0.05) is 36.2 Å². The fraction of sp³-hybridized carbons (Fsp3) is 0.263. The molecule has 0 N–H and O–H groups in total. The molecule has 0 radical (unpaired) electrons. The van der Waals surface area contributed by atoms with Gasteiger partial charge >= 0.3 is 0 Å². The highest BCUT2D eigenvalue weighted by atomic mass is 79.9. The first-order chi connectivity index (χ1) is 12.6. The quantitative estimate of drug-likeness (QED) is 0.754. The van der Waals surface area contributed by atoms with E-state index in [0.717, 1.165) is 4.47 Å². The van der Waals surface area contributed by atoms with Crippen LogP contribution in [0.25, 0.3) is 0 Å². The summed E-state index contributed by atoms with van der Waals surface area (Å²) in [4.78, 5) is 28.9. The van der Waals surface area contributed by atoms with Crippen LogP contribution in [0.1, 0.15) is 20.7 Å². The van der Waals surface area contributed by atoms with Crippen LogP contribution in [0.3, 0.4) is 0 Å². The maximum absolute atomic E-state index is 12.7. The molecule has 7 heteroatoms. The van der Waals surface area contributed by atoms with Crippen LogP contribution >= 0.6 is 15.9 Å². The number of carbonyl (C=O) groups is 2. The van der Waals surface area contributed by atoms with Gasteiger partial charge < -0.3 is 19.3 Å². The number of halogens is 1. The first kappa shape index (κ1) is 16.9. The van der Waals surface area contributed by atoms with E-state index in [-0.39, 0.29) is 18.6 Å². The zero-order valence-corrected chi connectivity index (χ0v) is 15.6. The third-order valence-electron chi connectivity index (χ3n) is 4.58. The minimum absolute atomic E-state index is 0.0207. The SMILES string of the molecule is O=C(c1ccc2c(c1)OCO2)N1CCN(C(=O)c2ccccc2Br)CC1. The Labute approximate surface area is 159 Å². The third kappa shape index (κ3) is 3.14. The zero-order valence-electron chi connectivity index (χ0n) is 14.0. The Kier molecular flexibility index (Phi) is 4.55. The highest BCUT2D eigenvalue weighted by molar-refractivity contribution is 9.10. The van der Waals surface area contributed by atoms with E-state index in [4.69, 9.17) is 9.47 Å². The normalized spacial score (nSPS) is 15.9. The molecule has 0 saturated carbocycles. The summed E-state index contributed by atoms with van der Waals surface area (Å²) in [5.41, 5.74) is 1.21. The average Bonchev–Trinajstić information content (AvgIpc) is 3.15. The Bertz CT molecular complexity index is 862. The minimum Gasteiger partial charge on any atom is -0.454 e. The molecule has 0 spiro atoms. The zero-order chi connectivity index (χ0) is 18.1. The molecule has 0 atom stereocenters. The molecular formula is C19H17BrN2O4. The van der Waals surface area contributed by atoms with Crippen molar-refractivity contribution in [3.63, 3.8) is 0 Å². The van der Waals surface area contributed by atoms with E-state index in [0.29, 0.717) is 48.8 Å². The maximum Gasteiger partial charge on any atom is 0.255 e. The summed E-state index contributed by atoms with van der Waals surface area (Å²) < 4.78 is 11.4. The number of hydrogen-bond acceptors (Lipinski definition) is 4. The molecule has 2 aliphatic heterocycles. The van der Waals surface area contributed by atoms with Gasteiger partial charge in [0.1, 0.15) is 0 Å². The minimum atomic E-state index is -0.0590. The second-order valence-electron chi connectivity index (χ2n) is 6.13. The van der Waals surface area contributed by atoms with Crippen LogP contribution in [0.2, 0.25) is 0 Å². The number of fused-ring (bicyclic) bond motifs is 1. The van der Waals surface area contributed by atoms with Crippen LogP contribution in [0.4, 0.5) is 0 Å². The Hall–Kier alpha value is -2.54. The third-order valence-corrected chi connectivity index (χ3v) is 5.27. The van der Waals surface area contributed by atoms with Crippen LogP contribution < -0.4 is 9.47 Å². The number of carbonyl (C=O) groups excluding carboxylic acids is 2. The number of benzene rings is 2. The lowest BCUT2D eigenvalue weighted by Gasteiger charge is -2.35. The van der Waals surface area contributed by atoms with Crippen LogP contribution in [-0.4, -0.2) is 54.6 Å². The number of ether oxygens (including phenoxy) is 2. The Morgan fingerprint density at radius 2 is 1.50 bits per heavy atom. The predicted octanol–water partition coefficient (Wildman–Crippen LogP) is 2.78. The lowest BCUT2D eigenvalue weighted by molar-refractivity contribution is 0.0535. The van der Waals surface area contributed by atoms with Gasteiger partial charge in [-0.1, -0.05) is 12.1 Å². The van der Waals surface area contributed by atoms with Gasteiger partial charge in [0.2, 0.25) is 6.79 Å². The van der Waals surface area contributed by atoms with E-state index in [1.165, 1.54) is 0 Å². The van der Waals surface area contributed by atoms with Gasteiger partial charge in [0.25, 0.3) is 11.8 Å². The topological polar surface area (TPSA) is 59.1 Å². The van der Waals surface area contributed by atoms with Gasteiger partial charge in [-0.05, 0) is 46.3 Å². The Morgan fingerprint density at radius 1 is 0.846 bits per heavy atom. The van der Waals surface area contributed by atoms with Gasteiger partial charge in [0.15, 0.2) is 11.5 Å². The van der Waals surface area contributed by atoms with Crippen molar-refractivity contribution in [3.05, 3.63) is 58.1 Å². The maximum atomic E-state index is 12.7. The summed E-state index contributed by atoms with van der Waals surface area (Å²) in [6, 6.07) is 12.6. The van der Waals surface area contributed by atoms with Gasteiger partial charge in [-0.15, -0.1) is 0 Å². The van der Waals surface area contributed by atoms with E-state index in [1.807, 2.05) is 18.2 Å². The van der Waals surface area contributed by atoms with E-state index in [1.54, 1.807) is 34.1 Å². The Balaban J connectivity index is 1.41. The standard InChI is InChI=1S/C19H17BrN2O4/c20-15-4-2-1-3-14(15)19(24)22-9-7-21(8-10-22)18(23)13-5-6-16-17(11-13)26-12-25-16/h1-6,11H,7-10,12H2. The van der Waals surface area contributed by atoms with E-state index in [2.05, 4.69) is 15.9 Å². The number of nitrogens with zero attached hydrogens (tertiary/aromatic N) is 2. The van der Waals surface area contributed by atoms with Crippen molar-refractivity contribution in [3.8, 4) is 11.5 Å². The molecule has 4 rings (SSSR count). The largest absolute Gasteiger partial charge is 0.454 e. The average molecular weight is 417 g/mol. The van der Waals surface area contributed by atoms with Crippen LogP contribution in [0.15, 0.2) is 46.9 Å². The second-order valence-corrected chi connectivity index (χ2v) is 6.99. The highest BCUT2D eigenvalue weighted by Gasteiger charge is 2.27. The number of piperazine rings is 1. The van der Waals surface area contributed by atoms with Crippen molar-refractivity contribution in [1.29, 1.82) is 0 Å². The molecule has 0 unspecified atom stereocenters. The monoisotopic (exact) mass is 416 g/mol. The molecule has 26 heavy (non-hydrogen) atoms. The van der Waals surface area contributed by atoms with Gasteiger partial charge in [-0.3, -0.25) is 9.59 Å². The van der Waals surface area contributed by atoms with Crippen molar-refractivity contribution >= 4 is 27.7 Å². The molecule has 134 valence electrons. The summed E-state index contributed by atoms with van der Waals surface area (Å²) >= 11 is 3.42. The molecule has 1 saturated heterocycles. The molecule has 6 nitrogen and oxygen atoms in total. The van der Waals surface area contributed by atoms with Gasteiger partial charge in [-0.2, -0.15) is 0 Å². The lowest BCUT2D eigenvalue weighted by atomic mass is 10.1. The van der Waals surface area contributed by atoms with Crippen LogP contribution in [0.5, 0.6) is 11.5 Å². The molecule has 2 aromatic rings. The van der Waals surface area contributed by atoms with E-state index < -0.39 is 0 Å². The molecule has 2 amide bonds. The van der Waals surface area contributed by atoms with Crippen LogP contribution in [0, 0.1) is 0 Å². The fourth-order valence-electron chi connectivity index (χ4n) is 3.13. The number of hydrogen-bond donors (Lipinski definition) is 0. The summed E-state index contributed by atoms with van der Waals surface area (Å²) in [7, 11) is 0. The predicted molar refractivity (Wildman–Crippen MR) is 98.5 cm³/mol. The second kappa shape index (κ2) is 6.99. The van der Waals surface area contributed by atoms with E-state index in [9.17, 15) is 9.59 Å². The molecular weight excluding hydrogens is 400 g/mol. The number of amides is 2. The van der Waals surface area contributed by atoms with Crippen LogP contribution in [-0.2, 0) is 0 Å². The lowest BCUT2D eigenvalue weighted by Crippen LogP contribution is -2.50. The van der Waals surface area contributed by atoms with Crippen molar-refractivity contribution < 1.29 is 19.1 Å². The summed E-state index contributed by atoms with van der Waals surface area (Å²) in [5.74, 6) is 1.17. The first-order valence-electron chi connectivity index (χ1n) is 8.36. The first-order valence-corrected chi connectivity index (χ1v) is 9.15. The highest BCUT2D eigenvalue weighted by Crippen LogP contribution is 2.33. The van der Waals surface area contributed by atoms with Gasteiger partial charge in [-0.25, -0.2) is 0 Å². The molecule has 2 aliphatic rings. The smallest absolute Gasteiger partial charge is 0.255 e. The molecule has 0 aliphatic carbocycles. The molecule has 1 fully saturated rings. The van der Waals surface area contributed by atoms with Gasteiger partial charge in [0.05, 0.1) is 5.56 Å². The summed E-state index contributed by atoms with van der Waals surface area (Å²) in [6.07, 6.45) is 0.